The minimum atomic E-state index is -4.63. The van der Waals surface area contributed by atoms with Gasteiger partial charge in [0.25, 0.3) is 5.56 Å². The summed E-state index contributed by atoms with van der Waals surface area (Å²) < 4.78 is 50.8. The molecule has 8 nitrogen and oxygen atoms in total. The van der Waals surface area contributed by atoms with Crippen LogP contribution < -0.4 is 20.3 Å². The van der Waals surface area contributed by atoms with Crippen LogP contribution in [0.25, 0.3) is 10.9 Å². The first-order valence-corrected chi connectivity index (χ1v) is 8.46. The molecule has 1 aliphatic heterocycles. The van der Waals surface area contributed by atoms with E-state index in [1.165, 1.54) is 24.3 Å². The zero-order chi connectivity index (χ0) is 20.6. The Labute approximate surface area is 160 Å². The lowest BCUT2D eigenvalue weighted by Crippen LogP contribution is -2.31. The Morgan fingerprint density at radius 2 is 1.83 bits per heavy atom. The first-order chi connectivity index (χ1) is 13.8. The number of nitrogens with one attached hydrogen (secondary N) is 1. The summed E-state index contributed by atoms with van der Waals surface area (Å²) in [4.78, 5) is 24.9. The molecule has 0 spiro atoms. The Kier molecular flexibility index (Phi) is 4.57. The predicted octanol–water partition coefficient (Wildman–Crippen LogP) is 2.22. The average molecular weight is 406 g/mol. The van der Waals surface area contributed by atoms with Crippen LogP contribution in [0.2, 0.25) is 0 Å². The van der Waals surface area contributed by atoms with Crippen LogP contribution in [0.15, 0.2) is 41.2 Å². The molecule has 1 amide bonds. The summed E-state index contributed by atoms with van der Waals surface area (Å²) in [6.45, 7) is 0.0806. The van der Waals surface area contributed by atoms with Crippen LogP contribution in [0.5, 0.6) is 11.5 Å². The van der Waals surface area contributed by atoms with E-state index in [4.69, 9.17) is 9.47 Å². The molecule has 29 heavy (non-hydrogen) atoms. The van der Waals surface area contributed by atoms with E-state index >= 15 is 0 Å². The Bertz CT molecular complexity index is 1160. The van der Waals surface area contributed by atoms with E-state index < -0.39 is 35.4 Å². The van der Waals surface area contributed by atoms with Gasteiger partial charge in [-0.1, -0.05) is 17.3 Å². The SMILES string of the molecule is O=C(Cn1nnc2cc3c(cc2c1=O)OCCO3)Nc1ccccc1C(F)(F)F. The van der Waals surface area contributed by atoms with Crippen molar-refractivity contribution in [2.45, 2.75) is 12.7 Å². The second-order valence-electron chi connectivity index (χ2n) is 6.16. The zero-order valence-corrected chi connectivity index (χ0v) is 14.7. The number of rotatable bonds is 3. The standard InChI is InChI=1S/C18H13F3N4O4/c19-18(20,21)11-3-1-2-4-12(11)22-16(26)9-25-17(27)10-7-14-15(29-6-5-28-14)8-13(10)23-24-25/h1-4,7-8H,5-6,9H2,(H,22,26). The maximum Gasteiger partial charge on any atom is 0.418 e. The predicted molar refractivity (Wildman–Crippen MR) is 94.9 cm³/mol. The van der Waals surface area contributed by atoms with Gasteiger partial charge in [-0.3, -0.25) is 9.59 Å². The van der Waals surface area contributed by atoms with Crippen LogP contribution in [0.1, 0.15) is 5.56 Å². The number of fused-ring (bicyclic) bond motifs is 2. The second-order valence-corrected chi connectivity index (χ2v) is 6.16. The van der Waals surface area contributed by atoms with Crippen LogP contribution in [0.4, 0.5) is 18.9 Å². The average Bonchev–Trinajstić information content (AvgIpc) is 2.68. The number of nitrogens with zero attached hydrogens (tertiary/aromatic N) is 3. The van der Waals surface area contributed by atoms with E-state index in [0.29, 0.717) is 24.7 Å². The summed E-state index contributed by atoms with van der Waals surface area (Å²) >= 11 is 0. The van der Waals surface area contributed by atoms with Gasteiger partial charge in [0.2, 0.25) is 5.91 Å². The fraction of sp³-hybridized carbons (Fsp3) is 0.222. The van der Waals surface area contributed by atoms with Crippen LogP contribution in [-0.4, -0.2) is 34.1 Å². The van der Waals surface area contributed by atoms with Crippen molar-refractivity contribution in [1.82, 2.24) is 15.0 Å². The molecule has 0 bridgehead atoms. The summed E-state index contributed by atoms with van der Waals surface area (Å²) in [6, 6.07) is 7.49. The summed E-state index contributed by atoms with van der Waals surface area (Å²) in [6.07, 6.45) is -4.63. The number of anilines is 1. The molecule has 0 radical (unpaired) electrons. The lowest BCUT2D eigenvalue weighted by Gasteiger charge is -2.18. The summed E-state index contributed by atoms with van der Waals surface area (Å²) in [5.41, 5.74) is -1.79. The molecule has 1 aromatic heterocycles. The molecule has 1 aliphatic rings. The molecule has 4 rings (SSSR count). The molecule has 150 valence electrons. The summed E-state index contributed by atoms with van der Waals surface area (Å²) in [5.74, 6) is -0.0596. The molecule has 0 unspecified atom stereocenters. The number of amides is 1. The van der Waals surface area contributed by atoms with Crippen molar-refractivity contribution in [3.63, 3.8) is 0 Å². The van der Waals surface area contributed by atoms with Crippen LogP contribution in [-0.2, 0) is 17.5 Å². The highest BCUT2D eigenvalue weighted by molar-refractivity contribution is 5.91. The van der Waals surface area contributed by atoms with Crippen molar-refractivity contribution in [3.8, 4) is 11.5 Å². The number of hydrogen-bond acceptors (Lipinski definition) is 6. The number of aromatic nitrogens is 3. The quantitative estimate of drug-likeness (QED) is 0.717. The minimum Gasteiger partial charge on any atom is -0.486 e. The van der Waals surface area contributed by atoms with Gasteiger partial charge in [-0.15, -0.1) is 5.10 Å². The Morgan fingerprint density at radius 3 is 2.55 bits per heavy atom. The third-order valence-corrected chi connectivity index (χ3v) is 4.19. The van der Waals surface area contributed by atoms with Crippen molar-refractivity contribution >= 4 is 22.5 Å². The number of hydrogen-bond donors (Lipinski definition) is 1. The highest BCUT2D eigenvalue weighted by Crippen LogP contribution is 2.34. The summed E-state index contributed by atoms with van der Waals surface area (Å²) in [7, 11) is 0. The number of ether oxygens (including phenoxy) is 2. The van der Waals surface area contributed by atoms with Gasteiger partial charge in [0, 0.05) is 6.07 Å². The number of benzene rings is 2. The molecule has 11 heteroatoms. The summed E-state index contributed by atoms with van der Waals surface area (Å²) in [5, 5.41) is 9.87. The number of carbonyl (C=O) groups excluding carboxylic acids is 1. The highest BCUT2D eigenvalue weighted by Gasteiger charge is 2.33. The third-order valence-electron chi connectivity index (χ3n) is 4.19. The lowest BCUT2D eigenvalue weighted by molar-refractivity contribution is -0.137. The van der Waals surface area contributed by atoms with Crippen LogP contribution in [0.3, 0.4) is 0 Å². The number of carbonyl (C=O) groups is 1. The van der Waals surface area contributed by atoms with Crippen LogP contribution >= 0.6 is 0 Å². The number of halogens is 3. The van der Waals surface area contributed by atoms with E-state index in [0.717, 1.165) is 16.8 Å². The first-order valence-electron chi connectivity index (χ1n) is 8.46. The van der Waals surface area contributed by atoms with E-state index in [2.05, 4.69) is 15.6 Å². The second kappa shape index (κ2) is 7.08. The Morgan fingerprint density at radius 1 is 1.14 bits per heavy atom. The normalized spacial score (nSPS) is 13.3. The van der Waals surface area contributed by atoms with E-state index in [-0.39, 0.29) is 10.9 Å². The number of para-hydroxylation sites is 1. The van der Waals surface area contributed by atoms with Gasteiger partial charge >= 0.3 is 6.18 Å². The molecule has 0 fully saturated rings. The van der Waals surface area contributed by atoms with Gasteiger partial charge in [-0.05, 0) is 18.2 Å². The lowest BCUT2D eigenvalue weighted by atomic mass is 10.1. The first kappa shape index (κ1) is 18.7. The van der Waals surface area contributed by atoms with Gasteiger partial charge in [-0.2, -0.15) is 13.2 Å². The van der Waals surface area contributed by atoms with Crippen LogP contribution in [0, 0.1) is 0 Å². The van der Waals surface area contributed by atoms with Gasteiger partial charge in [-0.25, -0.2) is 4.68 Å². The Hall–Kier alpha value is -3.63. The molecule has 0 atom stereocenters. The maximum absolute atomic E-state index is 13.1. The van der Waals surface area contributed by atoms with Crippen molar-refractivity contribution in [2.24, 2.45) is 0 Å². The molecule has 3 aromatic rings. The monoisotopic (exact) mass is 406 g/mol. The van der Waals surface area contributed by atoms with Crippen molar-refractivity contribution in [2.75, 3.05) is 18.5 Å². The number of alkyl halides is 3. The molecular formula is C18H13F3N4O4. The molecule has 0 saturated carbocycles. The molecule has 2 aromatic carbocycles. The van der Waals surface area contributed by atoms with Crippen molar-refractivity contribution in [3.05, 3.63) is 52.3 Å². The fourth-order valence-electron chi connectivity index (χ4n) is 2.88. The Balaban J connectivity index is 1.61. The topological polar surface area (TPSA) is 95.3 Å². The molecule has 0 aliphatic carbocycles. The van der Waals surface area contributed by atoms with E-state index in [9.17, 15) is 22.8 Å². The van der Waals surface area contributed by atoms with Crippen molar-refractivity contribution in [1.29, 1.82) is 0 Å². The zero-order valence-electron chi connectivity index (χ0n) is 14.7. The van der Waals surface area contributed by atoms with E-state index in [1.54, 1.807) is 0 Å². The van der Waals surface area contributed by atoms with Gasteiger partial charge in [0.1, 0.15) is 25.3 Å². The smallest absolute Gasteiger partial charge is 0.418 e. The van der Waals surface area contributed by atoms with Gasteiger partial charge < -0.3 is 14.8 Å². The van der Waals surface area contributed by atoms with Gasteiger partial charge in [0.15, 0.2) is 11.5 Å². The minimum absolute atomic E-state index is 0.146. The molecular weight excluding hydrogens is 393 g/mol. The fourth-order valence-corrected chi connectivity index (χ4v) is 2.88. The largest absolute Gasteiger partial charge is 0.486 e. The van der Waals surface area contributed by atoms with Gasteiger partial charge in [0.05, 0.1) is 16.6 Å². The molecule has 1 N–H and O–H groups in total. The maximum atomic E-state index is 13.1. The highest BCUT2D eigenvalue weighted by atomic mass is 19.4. The van der Waals surface area contributed by atoms with E-state index in [1.807, 2.05) is 0 Å². The third kappa shape index (κ3) is 3.71. The molecule has 2 heterocycles. The molecule has 0 saturated heterocycles. The van der Waals surface area contributed by atoms with Crippen molar-refractivity contribution < 1.29 is 27.4 Å².